The van der Waals surface area contributed by atoms with Gasteiger partial charge in [0, 0.05) is 11.6 Å². The van der Waals surface area contributed by atoms with Crippen LogP contribution in [0.5, 0.6) is 5.75 Å². The molecule has 24 heavy (non-hydrogen) atoms. The van der Waals surface area contributed by atoms with Gasteiger partial charge in [-0.1, -0.05) is 35.1 Å². The molecule has 4 nitrogen and oxygen atoms in total. The second-order valence-electron chi connectivity index (χ2n) is 5.27. The molecule has 0 atom stereocenters. The molecule has 1 aromatic heterocycles. The number of fused-ring (bicyclic) bond motifs is 1. The second-order valence-corrected chi connectivity index (χ2v) is 6.72. The van der Waals surface area contributed by atoms with Gasteiger partial charge >= 0.3 is 0 Å². The van der Waals surface area contributed by atoms with Gasteiger partial charge in [0.1, 0.15) is 5.75 Å². The fourth-order valence-corrected chi connectivity index (χ4v) is 3.89. The summed E-state index contributed by atoms with van der Waals surface area (Å²) in [6, 6.07) is 13.2. The van der Waals surface area contributed by atoms with Crippen molar-refractivity contribution in [2.45, 2.75) is 19.9 Å². The van der Waals surface area contributed by atoms with Crippen LogP contribution in [0.15, 0.2) is 47.5 Å². The second kappa shape index (κ2) is 7.20. The average Bonchev–Trinajstić information content (AvgIpc) is 2.91. The summed E-state index contributed by atoms with van der Waals surface area (Å²) in [5, 5.41) is 0.683. The number of rotatable bonds is 4. The van der Waals surface area contributed by atoms with E-state index in [1.165, 1.54) is 11.3 Å². The van der Waals surface area contributed by atoms with E-state index >= 15 is 0 Å². The predicted molar refractivity (Wildman–Crippen MR) is 97.8 cm³/mol. The first kappa shape index (κ1) is 16.7. The molecular formula is C18H17ClN2O2S. The van der Waals surface area contributed by atoms with Crippen LogP contribution in [0.1, 0.15) is 12.5 Å². The van der Waals surface area contributed by atoms with Crippen LogP contribution < -0.4 is 9.54 Å². The number of carbonyl (C=O) groups is 1. The summed E-state index contributed by atoms with van der Waals surface area (Å²) in [7, 11) is 1.62. The van der Waals surface area contributed by atoms with Gasteiger partial charge in [-0.05, 0) is 42.8 Å². The van der Waals surface area contributed by atoms with Crippen molar-refractivity contribution in [1.29, 1.82) is 0 Å². The van der Waals surface area contributed by atoms with Crippen molar-refractivity contribution >= 4 is 39.1 Å². The highest BCUT2D eigenvalue weighted by molar-refractivity contribution is 7.16. The van der Waals surface area contributed by atoms with E-state index in [1.807, 2.05) is 54.0 Å². The van der Waals surface area contributed by atoms with Crippen LogP contribution in [-0.2, 0) is 17.8 Å². The van der Waals surface area contributed by atoms with Gasteiger partial charge in [0.15, 0.2) is 4.80 Å². The molecule has 3 rings (SSSR count). The smallest absolute Gasteiger partial charge is 0.252 e. The van der Waals surface area contributed by atoms with E-state index in [9.17, 15) is 4.79 Å². The Morgan fingerprint density at radius 2 is 2.00 bits per heavy atom. The lowest BCUT2D eigenvalue weighted by atomic mass is 10.1. The normalized spacial score (nSPS) is 11.9. The van der Waals surface area contributed by atoms with Crippen LogP contribution in [0.25, 0.3) is 10.2 Å². The van der Waals surface area contributed by atoms with Crippen LogP contribution in [0.3, 0.4) is 0 Å². The van der Waals surface area contributed by atoms with E-state index < -0.39 is 0 Å². The molecule has 1 heterocycles. The summed E-state index contributed by atoms with van der Waals surface area (Å²) >= 11 is 7.53. The number of amides is 1. The van der Waals surface area contributed by atoms with Crippen molar-refractivity contribution < 1.29 is 9.53 Å². The van der Waals surface area contributed by atoms with E-state index in [-0.39, 0.29) is 12.3 Å². The number of halogens is 1. The fraction of sp³-hybridized carbons (Fsp3) is 0.222. The number of aromatic nitrogens is 1. The zero-order chi connectivity index (χ0) is 17.1. The molecule has 124 valence electrons. The minimum atomic E-state index is -0.167. The molecule has 0 radical (unpaired) electrons. The maximum Gasteiger partial charge on any atom is 0.252 e. The Hall–Kier alpha value is -2.11. The van der Waals surface area contributed by atoms with Crippen molar-refractivity contribution in [3.8, 4) is 5.75 Å². The third-order valence-electron chi connectivity index (χ3n) is 3.70. The van der Waals surface area contributed by atoms with Crippen molar-refractivity contribution in [2.75, 3.05) is 7.11 Å². The van der Waals surface area contributed by atoms with Crippen molar-refractivity contribution in [3.63, 3.8) is 0 Å². The Balaban J connectivity index is 1.91. The van der Waals surface area contributed by atoms with Gasteiger partial charge in [-0.25, -0.2) is 0 Å². The first-order valence-corrected chi connectivity index (χ1v) is 8.79. The Morgan fingerprint density at radius 3 is 2.67 bits per heavy atom. The van der Waals surface area contributed by atoms with Gasteiger partial charge in [0.2, 0.25) is 0 Å². The molecule has 0 N–H and O–H groups in total. The topological polar surface area (TPSA) is 43.6 Å². The third-order valence-corrected chi connectivity index (χ3v) is 4.97. The molecule has 2 aromatic carbocycles. The fourth-order valence-electron chi connectivity index (χ4n) is 2.50. The maximum atomic E-state index is 12.3. The minimum absolute atomic E-state index is 0.167. The monoisotopic (exact) mass is 360 g/mol. The molecule has 0 bridgehead atoms. The summed E-state index contributed by atoms with van der Waals surface area (Å²) in [6.45, 7) is 2.78. The number of thiazole rings is 1. The number of carbonyl (C=O) groups excluding carboxylic acids is 1. The summed E-state index contributed by atoms with van der Waals surface area (Å²) in [5.41, 5.74) is 1.96. The summed E-state index contributed by atoms with van der Waals surface area (Å²) < 4.78 is 8.18. The van der Waals surface area contributed by atoms with E-state index in [0.29, 0.717) is 9.82 Å². The zero-order valence-corrected chi connectivity index (χ0v) is 15.0. The first-order valence-electron chi connectivity index (χ1n) is 7.60. The number of nitrogens with zero attached hydrogens (tertiary/aromatic N) is 2. The average molecular weight is 361 g/mol. The number of ether oxygens (including phenoxy) is 1. The molecule has 0 fully saturated rings. The first-order chi connectivity index (χ1) is 11.6. The Labute approximate surface area is 149 Å². The summed E-state index contributed by atoms with van der Waals surface area (Å²) in [5.74, 6) is 0.605. The molecule has 0 aliphatic heterocycles. The molecule has 0 saturated carbocycles. The third kappa shape index (κ3) is 3.52. The lowest BCUT2D eigenvalue weighted by molar-refractivity contribution is -0.117. The molecule has 0 spiro atoms. The zero-order valence-electron chi connectivity index (χ0n) is 13.5. The number of hydrogen-bond acceptors (Lipinski definition) is 3. The largest absolute Gasteiger partial charge is 0.497 e. The van der Waals surface area contributed by atoms with Gasteiger partial charge in [-0.3, -0.25) is 4.79 Å². The lowest BCUT2D eigenvalue weighted by Gasteiger charge is -2.02. The highest BCUT2D eigenvalue weighted by atomic mass is 35.5. The Bertz CT molecular complexity index is 942. The van der Waals surface area contributed by atoms with Gasteiger partial charge in [0.05, 0.1) is 23.7 Å². The SMILES string of the molecule is CCn1c(=NC(=O)Cc2ccc(OC)cc2)sc2cc(Cl)ccc21. The lowest BCUT2D eigenvalue weighted by Crippen LogP contribution is -2.16. The molecule has 6 heteroatoms. The number of methoxy groups -OCH3 is 1. The quantitative estimate of drug-likeness (QED) is 0.704. The van der Waals surface area contributed by atoms with Gasteiger partial charge in [-0.15, -0.1) is 0 Å². The Morgan fingerprint density at radius 1 is 1.25 bits per heavy atom. The van der Waals surface area contributed by atoms with Crippen LogP contribution in [0.4, 0.5) is 0 Å². The predicted octanol–water partition coefficient (Wildman–Crippen LogP) is 4.05. The Kier molecular flexibility index (Phi) is 5.02. The van der Waals surface area contributed by atoms with Gasteiger partial charge in [0.25, 0.3) is 5.91 Å². The maximum absolute atomic E-state index is 12.3. The summed E-state index contributed by atoms with van der Waals surface area (Å²) in [4.78, 5) is 17.3. The molecule has 0 aliphatic rings. The van der Waals surface area contributed by atoms with Gasteiger partial charge < -0.3 is 9.30 Å². The van der Waals surface area contributed by atoms with E-state index in [1.54, 1.807) is 7.11 Å². The standard InChI is InChI=1S/C18H17ClN2O2S/c1-3-21-15-9-6-13(19)11-16(15)24-18(21)20-17(22)10-12-4-7-14(23-2)8-5-12/h4-9,11H,3,10H2,1-2H3. The highest BCUT2D eigenvalue weighted by Crippen LogP contribution is 2.21. The molecule has 3 aromatic rings. The van der Waals surface area contributed by atoms with E-state index in [0.717, 1.165) is 28.1 Å². The molecule has 0 unspecified atom stereocenters. The van der Waals surface area contributed by atoms with Gasteiger partial charge in [-0.2, -0.15) is 4.99 Å². The number of hydrogen-bond donors (Lipinski definition) is 0. The van der Waals surface area contributed by atoms with Crippen LogP contribution in [0.2, 0.25) is 5.02 Å². The van der Waals surface area contributed by atoms with Crippen molar-refractivity contribution in [3.05, 3.63) is 57.9 Å². The number of benzene rings is 2. The minimum Gasteiger partial charge on any atom is -0.497 e. The van der Waals surface area contributed by atoms with Crippen LogP contribution >= 0.6 is 22.9 Å². The van der Waals surface area contributed by atoms with Crippen molar-refractivity contribution in [2.24, 2.45) is 4.99 Å². The van der Waals surface area contributed by atoms with Crippen LogP contribution in [0, 0.1) is 0 Å². The number of aryl methyl sites for hydroxylation is 1. The highest BCUT2D eigenvalue weighted by Gasteiger charge is 2.08. The summed E-state index contributed by atoms with van der Waals surface area (Å²) in [6.07, 6.45) is 0.267. The van der Waals surface area contributed by atoms with E-state index in [4.69, 9.17) is 16.3 Å². The van der Waals surface area contributed by atoms with Crippen molar-refractivity contribution in [1.82, 2.24) is 4.57 Å². The van der Waals surface area contributed by atoms with Crippen LogP contribution in [-0.4, -0.2) is 17.6 Å². The molecule has 1 amide bonds. The van der Waals surface area contributed by atoms with E-state index in [2.05, 4.69) is 4.99 Å². The molecular weight excluding hydrogens is 344 g/mol. The molecule has 0 saturated heterocycles. The molecule has 0 aliphatic carbocycles.